The summed E-state index contributed by atoms with van der Waals surface area (Å²) < 4.78 is 5.37. The van der Waals surface area contributed by atoms with E-state index < -0.39 is 0 Å². The van der Waals surface area contributed by atoms with Crippen molar-refractivity contribution in [3.05, 3.63) is 0 Å². The number of nitrogens with zero attached hydrogens (tertiary/aromatic N) is 1. The van der Waals surface area contributed by atoms with Crippen molar-refractivity contribution in [2.45, 2.75) is 32.6 Å². The SMILES string of the molecule is CCCCCOCCCN=C(N)N. The minimum absolute atomic E-state index is 0.158. The van der Waals surface area contributed by atoms with Gasteiger partial charge in [0.05, 0.1) is 0 Å². The third-order valence-electron chi connectivity index (χ3n) is 1.63. The molecule has 0 spiro atoms. The molecule has 0 aromatic rings. The monoisotopic (exact) mass is 187 g/mol. The van der Waals surface area contributed by atoms with Gasteiger partial charge < -0.3 is 16.2 Å². The fourth-order valence-corrected chi connectivity index (χ4v) is 0.931. The third kappa shape index (κ3) is 11.2. The summed E-state index contributed by atoms with van der Waals surface area (Å²) in [5, 5.41) is 0. The van der Waals surface area contributed by atoms with Crippen LogP contribution in [0.2, 0.25) is 0 Å². The van der Waals surface area contributed by atoms with E-state index in [1.54, 1.807) is 0 Å². The van der Waals surface area contributed by atoms with Crippen molar-refractivity contribution >= 4 is 5.96 Å². The number of aliphatic imine (C=N–C) groups is 1. The van der Waals surface area contributed by atoms with Gasteiger partial charge in [-0.3, -0.25) is 4.99 Å². The molecule has 0 rings (SSSR count). The van der Waals surface area contributed by atoms with E-state index in [0.29, 0.717) is 6.54 Å². The van der Waals surface area contributed by atoms with Gasteiger partial charge in [-0.1, -0.05) is 19.8 Å². The van der Waals surface area contributed by atoms with E-state index in [1.807, 2.05) is 0 Å². The van der Waals surface area contributed by atoms with Gasteiger partial charge in [-0.25, -0.2) is 0 Å². The Morgan fingerprint density at radius 1 is 1.15 bits per heavy atom. The molecule has 0 saturated heterocycles. The van der Waals surface area contributed by atoms with Gasteiger partial charge in [0.25, 0.3) is 0 Å². The summed E-state index contributed by atoms with van der Waals surface area (Å²) in [4.78, 5) is 3.85. The van der Waals surface area contributed by atoms with Crippen molar-refractivity contribution < 1.29 is 4.74 Å². The van der Waals surface area contributed by atoms with Crippen molar-refractivity contribution in [3.63, 3.8) is 0 Å². The maximum absolute atomic E-state index is 5.37. The average molecular weight is 187 g/mol. The first-order valence-corrected chi connectivity index (χ1v) is 4.90. The Hall–Kier alpha value is -0.770. The van der Waals surface area contributed by atoms with Crippen molar-refractivity contribution in [3.8, 4) is 0 Å². The maximum atomic E-state index is 5.37. The summed E-state index contributed by atoms with van der Waals surface area (Å²) in [6.45, 7) is 4.45. The molecule has 0 aromatic carbocycles. The summed E-state index contributed by atoms with van der Waals surface area (Å²) in [6, 6.07) is 0. The van der Waals surface area contributed by atoms with Gasteiger partial charge in [0, 0.05) is 19.8 Å². The summed E-state index contributed by atoms with van der Waals surface area (Å²) >= 11 is 0. The van der Waals surface area contributed by atoms with Crippen LogP contribution in [0.1, 0.15) is 32.6 Å². The van der Waals surface area contributed by atoms with E-state index in [1.165, 1.54) is 12.8 Å². The standard InChI is InChI=1S/C9H21N3O/c1-2-3-4-7-13-8-5-6-12-9(10)11/h2-8H2,1H3,(H4,10,11,12). The summed E-state index contributed by atoms with van der Waals surface area (Å²) in [6.07, 6.45) is 4.52. The fourth-order valence-electron chi connectivity index (χ4n) is 0.931. The van der Waals surface area contributed by atoms with E-state index >= 15 is 0 Å². The molecule has 0 amide bonds. The van der Waals surface area contributed by atoms with Crippen molar-refractivity contribution in [1.29, 1.82) is 0 Å². The molecule has 0 unspecified atom stereocenters. The average Bonchev–Trinajstić information content (AvgIpc) is 2.09. The number of hydrogen-bond acceptors (Lipinski definition) is 2. The Bertz CT molecular complexity index is 133. The molecular weight excluding hydrogens is 166 g/mol. The first-order valence-electron chi connectivity index (χ1n) is 4.90. The van der Waals surface area contributed by atoms with Crippen LogP contribution in [0.5, 0.6) is 0 Å². The van der Waals surface area contributed by atoms with Gasteiger partial charge in [0.2, 0.25) is 0 Å². The number of hydrogen-bond donors (Lipinski definition) is 2. The zero-order valence-electron chi connectivity index (χ0n) is 8.46. The quantitative estimate of drug-likeness (QED) is 0.336. The van der Waals surface area contributed by atoms with E-state index in [-0.39, 0.29) is 5.96 Å². The molecule has 4 N–H and O–H groups in total. The highest BCUT2D eigenvalue weighted by atomic mass is 16.5. The molecule has 13 heavy (non-hydrogen) atoms. The smallest absolute Gasteiger partial charge is 0.185 e. The molecule has 0 aliphatic heterocycles. The largest absolute Gasteiger partial charge is 0.381 e. The second-order valence-corrected chi connectivity index (χ2v) is 2.98. The van der Waals surface area contributed by atoms with E-state index in [0.717, 1.165) is 26.1 Å². The highest BCUT2D eigenvalue weighted by Gasteiger charge is 1.89. The predicted molar refractivity (Wildman–Crippen MR) is 55.6 cm³/mol. The number of guanidine groups is 1. The molecule has 0 saturated carbocycles. The number of rotatable bonds is 8. The van der Waals surface area contributed by atoms with Crippen molar-refractivity contribution in [2.24, 2.45) is 16.5 Å². The lowest BCUT2D eigenvalue weighted by Crippen LogP contribution is -2.23. The highest BCUT2D eigenvalue weighted by molar-refractivity contribution is 5.75. The Balaban J connectivity index is 2.96. The number of unbranched alkanes of at least 4 members (excludes halogenated alkanes) is 2. The fraction of sp³-hybridized carbons (Fsp3) is 0.889. The zero-order chi connectivity index (χ0) is 9.94. The molecule has 0 heterocycles. The van der Waals surface area contributed by atoms with E-state index in [9.17, 15) is 0 Å². The van der Waals surface area contributed by atoms with Crippen LogP contribution in [-0.2, 0) is 4.74 Å². The lowest BCUT2D eigenvalue weighted by Gasteiger charge is -2.01. The number of ether oxygens (including phenoxy) is 1. The maximum Gasteiger partial charge on any atom is 0.185 e. The molecule has 0 radical (unpaired) electrons. The number of nitrogens with two attached hydrogens (primary N) is 2. The first-order chi connectivity index (χ1) is 6.27. The molecule has 4 nitrogen and oxygen atoms in total. The van der Waals surface area contributed by atoms with Gasteiger partial charge in [-0.15, -0.1) is 0 Å². The van der Waals surface area contributed by atoms with Gasteiger partial charge in [0.15, 0.2) is 5.96 Å². The molecule has 0 atom stereocenters. The van der Waals surface area contributed by atoms with Crippen LogP contribution in [0.3, 0.4) is 0 Å². The second kappa shape index (κ2) is 9.32. The lowest BCUT2D eigenvalue weighted by atomic mass is 10.3. The minimum Gasteiger partial charge on any atom is -0.381 e. The van der Waals surface area contributed by atoms with Gasteiger partial charge >= 0.3 is 0 Å². The Morgan fingerprint density at radius 3 is 2.46 bits per heavy atom. The molecule has 0 fully saturated rings. The van der Waals surface area contributed by atoms with Crippen LogP contribution >= 0.6 is 0 Å². The lowest BCUT2D eigenvalue weighted by molar-refractivity contribution is 0.129. The van der Waals surface area contributed by atoms with Crippen LogP contribution in [-0.4, -0.2) is 25.7 Å². The molecule has 78 valence electrons. The van der Waals surface area contributed by atoms with Crippen LogP contribution in [0, 0.1) is 0 Å². The van der Waals surface area contributed by atoms with Crippen LogP contribution < -0.4 is 11.5 Å². The molecular formula is C9H21N3O. The third-order valence-corrected chi connectivity index (χ3v) is 1.63. The van der Waals surface area contributed by atoms with Crippen molar-refractivity contribution in [2.75, 3.05) is 19.8 Å². The Labute approximate surface area is 80.3 Å². The van der Waals surface area contributed by atoms with Crippen LogP contribution in [0.15, 0.2) is 4.99 Å². The van der Waals surface area contributed by atoms with E-state index in [2.05, 4.69) is 11.9 Å². The van der Waals surface area contributed by atoms with Crippen molar-refractivity contribution in [1.82, 2.24) is 0 Å². The molecule has 0 bridgehead atoms. The Morgan fingerprint density at radius 2 is 1.85 bits per heavy atom. The van der Waals surface area contributed by atoms with Gasteiger partial charge in [-0.05, 0) is 12.8 Å². The minimum atomic E-state index is 0.158. The first kappa shape index (κ1) is 12.2. The summed E-state index contributed by atoms with van der Waals surface area (Å²) in [5.74, 6) is 0.158. The molecule has 0 aromatic heterocycles. The van der Waals surface area contributed by atoms with E-state index in [4.69, 9.17) is 16.2 Å². The Kier molecular flexibility index (Phi) is 8.77. The normalized spacial score (nSPS) is 9.92. The van der Waals surface area contributed by atoms with Crippen LogP contribution in [0.25, 0.3) is 0 Å². The highest BCUT2D eigenvalue weighted by Crippen LogP contribution is 1.94. The second-order valence-electron chi connectivity index (χ2n) is 2.98. The molecule has 4 heteroatoms. The van der Waals surface area contributed by atoms with Gasteiger partial charge in [-0.2, -0.15) is 0 Å². The van der Waals surface area contributed by atoms with Crippen LogP contribution in [0.4, 0.5) is 0 Å². The summed E-state index contributed by atoms with van der Waals surface area (Å²) in [5.41, 5.74) is 10.3. The topological polar surface area (TPSA) is 73.6 Å². The summed E-state index contributed by atoms with van der Waals surface area (Å²) in [7, 11) is 0. The van der Waals surface area contributed by atoms with Gasteiger partial charge in [0.1, 0.15) is 0 Å². The predicted octanol–water partition coefficient (Wildman–Crippen LogP) is 0.857. The molecule has 0 aliphatic carbocycles. The zero-order valence-corrected chi connectivity index (χ0v) is 8.46. The molecule has 0 aliphatic rings.